The molecule has 1 amide bonds. The molecule has 0 aliphatic rings. The number of methoxy groups -OCH3 is 1. The first kappa shape index (κ1) is 19.7. The number of nitrogens with one attached hydrogen (secondary N) is 2. The van der Waals surface area contributed by atoms with Crippen LogP contribution >= 0.6 is 23.1 Å². The molecule has 25 heavy (non-hydrogen) atoms. The maximum atomic E-state index is 12.1. The molecule has 0 saturated carbocycles. The fraction of sp³-hybridized carbons (Fsp3) is 0.471. The molecule has 2 rings (SSSR count). The van der Waals surface area contributed by atoms with Crippen molar-refractivity contribution in [2.75, 3.05) is 36.6 Å². The van der Waals surface area contributed by atoms with Crippen LogP contribution in [0.2, 0.25) is 0 Å². The number of thioether (sulfide) groups is 1. The molecule has 6 nitrogen and oxygen atoms in total. The van der Waals surface area contributed by atoms with Crippen LogP contribution in [-0.4, -0.2) is 42.1 Å². The maximum absolute atomic E-state index is 12.1. The fourth-order valence-corrected chi connectivity index (χ4v) is 3.63. The summed E-state index contributed by atoms with van der Waals surface area (Å²) in [5, 5.41) is 14.9. The lowest BCUT2D eigenvalue weighted by Crippen LogP contribution is -2.13. The molecule has 0 fully saturated rings. The van der Waals surface area contributed by atoms with Crippen molar-refractivity contribution < 1.29 is 9.53 Å². The van der Waals surface area contributed by atoms with Gasteiger partial charge in [0.15, 0.2) is 4.34 Å². The van der Waals surface area contributed by atoms with Crippen LogP contribution in [0.3, 0.4) is 0 Å². The highest BCUT2D eigenvalue weighted by molar-refractivity contribution is 8.01. The molecule has 0 aliphatic heterocycles. The minimum atomic E-state index is -0.0506. The lowest BCUT2D eigenvalue weighted by atomic mass is 9.99. The van der Waals surface area contributed by atoms with Crippen LogP contribution in [-0.2, 0) is 9.53 Å². The first-order valence-corrected chi connectivity index (χ1v) is 10.0. The van der Waals surface area contributed by atoms with E-state index >= 15 is 0 Å². The van der Waals surface area contributed by atoms with Crippen LogP contribution in [0.1, 0.15) is 31.7 Å². The Morgan fingerprint density at radius 1 is 1.32 bits per heavy atom. The highest BCUT2D eigenvalue weighted by Gasteiger charge is 2.09. The zero-order valence-electron chi connectivity index (χ0n) is 14.7. The average Bonchev–Trinajstić information content (AvgIpc) is 3.08. The summed E-state index contributed by atoms with van der Waals surface area (Å²) in [6.45, 7) is 5.66. The van der Waals surface area contributed by atoms with Gasteiger partial charge in [-0.05, 0) is 30.0 Å². The molecule has 1 unspecified atom stereocenters. The van der Waals surface area contributed by atoms with Crippen molar-refractivity contribution in [3.8, 4) is 0 Å². The van der Waals surface area contributed by atoms with E-state index in [0.717, 1.165) is 21.6 Å². The standard InChI is InChI=1S/C17H24N4O2S2/c1-4-12(2)13-5-7-14(8-6-13)19-15(22)11-24-17-21-20-16(25-17)18-9-10-23-3/h5-8,12H,4,9-11H2,1-3H3,(H,18,20)(H,19,22). The van der Waals surface area contributed by atoms with Gasteiger partial charge in [-0.3, -0.25) is 4.79 Å². The molecule has 0 aliphatic carbocycles. The van der Waals surface area contributed by atoms with Crippen molar-refractivity contribution in [1.29, 1.82) is 0 Å². The summed E-state index contributed by atoms with van der Waals surface area (Å²) in [5.74, 6) is 0.787. The molecule has 0 spiro atoms. The lowest BCUT2D eigenvalue weighted by Gasteiger charge is -2.10. The van der Waals surface area contributed by atoms with E-state index in [-0.39, 0.29) is 5.91 Å². The van der Waals surface area contributed by atoms with Gasteiger partial charge in [-0.25, -0.2) is 0 Å². The molecule has 0 bridgehead atoms. The summed E-state index contributed by atoms with van der Waals surface area (Å²) >= 11 is 2.81. The zero-order chi connectivity index (χ0) is 18.1. The second-order valence-electron chi connectivity index (χ2n) is 5.56. The van der Waals surface area contributed by atoms with Crippen molar-refractivity contribution in [2.45, 2.75) is 30.5 Å². The molecule has 1 aromatic heterocycles. The Kier molecular flexibility index (Phi) is 8.17. The topological polar surface area (TPSA) is 76.1 Å². The number of hydrogen-bond acceptors (Lipinski definition) is 7. The molecule has 1 atom stereocenters. The lowest BCUT2D eigenvalue weighted by molar-refractivity contribution is -0.113. The Labute approximate surface area is 156 Å². The van der Waals surface area contributed by atoms with E-state index in [2.05, 4.69) is 46.8 Å². The van der Waals surface area contributed by atoms with Gasteiger partial charge in [0.25, 0.3) is 0 Å². The van der Waals surface area contributed by atoms with Gasteiger partial charge < -0.3 is 15.4 Å². The molecule has 1 aromatic carbocycles. The van der Waals surface area contributed by atoms with Crippen molar-refractivity contribution in [3.63, 3.8) is 0 Å². The first-order chi connectivity index (χ1) is 12.1. The third-order valence-electron chi connectivity index (χ3n) is 3.69. The highest BCUT2D eigenvalue weighted by Crippen LogP contribution is 2.25. The van der Waals surface area contributed by atoms with E-state index < -0.39 is 0 Å². The number of carbonyl (C=O) groups excluding carboxylic acids is 1. The Morgan fingerprint density at radius 2 is 2.08 bits per heavy atom. The Hall–Kier alpha value is -1.64. The quantitative estimate of drug-likeness (QED) is 0.482. The fourth-order valence-electron chi connectivity index (χ4n) is 2.05. The zero-order valence-corrected chi connectivity index (χ0v) is 16.4. The van der Waals surface area contributed by atoms with Crippen molar-refractivity contribution in [1.82, 2.24) is 10.2 Å². The van der Waals surface area contributed by atoms with Crippen LogP contribution in [0.5, 0.6) is 0 Å². The van der Waals surface area contributed by atoms with E-state index in [1.54, 1.807) is 7.11 Å². The summed E-state index contributed by atoms with van der Waals surface area (Å²) in [7, 11) is 1.65. The van der Waals surface area contributed by atoms with Crippen molar-refractivity contribution in [2.24, 2.45) is 0 Å². The molecule has 0 saturated heterocycles. The summed E-state index contributed by atoms with van der Waals surface area (Å²) in [6, 6.07) is 8.04. The highest BCUT2D eigenvalue weighted by atomic mass is 32.2. The second kappa shape index (κ2) is 10.4. The smallest absolute Gasteiger partial charge is 0.234 e. The summed E-state index contributed by atoms with van der Waals surface area (Å²) in [4.78, 5) is 12.1. The normalized spacial score (nSPS) is 12.0. The van der Waals surface area contributed by atoms with Gasteiger partial charge in [-0.15, -0.1) is 10.2 Å². The maximum Gasteiger partial charge on any atom is 0.234 e. The molecular formula is C17H24N4O2S2. The third-order valence-corrected chi connectivity index (χ3v) is 5.71. The Morgan fingerprint density at radius 3 is 2.76 bits per heavy atom. The summed E-state index contributed by atoms with van der Waals surface area (Å²) in [5.41, 5.74) is 2.11. The Balaban J connectivity index is 1.77. The van der Waals surface area contributed by atoms with Crippen LogP contribution in [0.25, 0.3) is 0 Å². The van der Waals surface area contributed by atoms with Gasteiger partial charge in [-0.1, -0.05) is 49.1 Å². The second-order valence-corrected chi connectivity index (χ2v) is 7.76. The number of carbonyl (C=O) groups is 1. The average molecular weight is 381 g/mol. The van der Waals surface area contributed by atoms with E-state index in [0.29, 0.717) is 24.8 Å². The van der Waals surface area contributed by atoms with Crippen LogP contribution in [0.15, 0.2) is 28.6 Å². The predicted octanol–water partition coefficient (Wildman–Crippen LogP) is 3.84. The van der Waals surface area contributed by atoms with Gasteiger partial charge in [0.1, 0.15) is 0 Å². The van der Waals surface area contributed by atoms with Crippen molar-refractivity contribution in [3.05, 3.63) is 29.8 Å². The number of ether oxygens (including phenoxy) is 1. The van der Waals surface area contributed by atoms with Gasteiger partial charge in [0.05, 0.1) is 12.4 Å². The largest absolute Gasteiger partial charge is 0.383 e. The van der Waals surface area contributed by atoms with Crippen LogP contribution < -0.4 is 10.6 Å². The van der Waals surface area contributed by atoms with Gasteiger partial charge in [0, 0.05) is 19.3 Å². The van der Waals surface area contributed by atoms with E-state index in [4.69, 9.17) is 4.74 Å². The van der Waals surface area contributed by atoms with Gasteiger partial charge in [-0.2, -0.15) is 0 Å². The first-order valence-electron chi connectivity index (χ1n) is 8.21. The number of nitrogens with zero attached hydrogens (tertiary/aromatic N) is 2. The molecule has 2 N–H and O–H groups in total. The van der Waals surface area contributed by atoms with Crippen LogP contribution in [0, 0.1) is 0 Å². The molecule has 8 heteroatoms. The molecule has 2 aromatic rings. The number of rotatable bonds is 10. The number of hydrogen-bond donors (Lipinski definition) is 2. The summed E-state index contributed by atoms with van der Waals surface area (Å²) < 4.78 is 5.73. The molecule has 136 valence electrons. The SMILES string of the molecule is CCC(C)c1ccc(NC(=O)CSc2nnc(NCCOC)s2)cc1. The molecule has 1 heterocycles. The van der Waals surface area contributed by atoms with E-state index in [1.807, 2.05) is 12.1 Å². The molecule has 0 radical (unpaired) electrons. The summed E-state index contributed by atoms with van der Waals surface area (Å²) in [6.07, 6.45) is 1.10. The molecular weight excluding hydrogens is 356 g/mol. The monoisotopic (exact) mass is 380 g/mol. The minimum absolute atomic E-state index is 0.0506. The predicted molar refractivity (Wildman–Crippen MR) is 105 cm³/mol. The minimum Gasteiger partial charge on any atom is -0.383 e. The Bertz CT molecular complexity index is 661. The number of aromatic nitrogens is 2. The number of anilines is 2. The van der Waals surface area contributed by atoms with E-state index in [1.165, 1.54) is 28.7 Å². The van der Waals surface area contributed by atoms with Gasteiger partial charge in [0.2, 0.25) is 11.0 Å². The van der Waals surface area contributed by atoms with Crippen LogP contribution in [0.4, 0.5) is 10.8 Å². The van der Waals surface area contributed by atoms with Gasteiger partial charge >= 0.3 is 0 Å². The number of amides is 1. The number of benzene rings is 1. The van der Waals surface area contributed by atoms with E-state index in [9.17, 15) is 4.79 Å². The van der Waals surface area contributed by atoms with Crippen molar-refractivity contribution >= 4 is 39.8 Å². The third kappa shape index (κ3) is 6.64.